The summed E-state index contributed by atoms with van der Waals surface area (Å²) in [5, 5.41) is 8.48. The number of nitrogens with one attached hydrogen (secondary N) is 2. The molecule has 0 unspecified atom stereocenters. The van der Waals surface area contributed by atoms with Crippen LogP contribution in [0.25, 0.3) is 10.8 Å². The lowest BCUT2D eigenvalue weighted by molar-refractivity contribution is -0.909. The van der Waals surface area contributed by atoms with Gasteiger partial charge in [0.1, 0.15) is 25.7 Å². The molecule has 2 N–H and O–H groups in total. The Balaban J connectivity index is 1.65. The average Bonchev–Trinajstić information content (AvgIpc) is 2.77. The van der Waals surface area contributed by atoms with Crippen molar-refractivity contribution in [1.82, 2.24) is 15.1 Å². The zero-order valence-corrected chi connectivity index (χ0v) is 16.4. The summed E-state index contributed by atoms with van der Waals surface area (Å²) >= 11 is 0. The lowest BCUT2D eigenvalue weighted by atomic mass is 10.0. The van der Waals surface area contributed by atoms with E-state index in [1.807, 2.05) is 36.4 Å². The van der Waals surface area contributed by atoms with E-state index in [4.69, 9.17) is 4.74 Å². The van der Waals surface area contributed by atoms with E-state index in [1.165, 1.54) is 9.58 Å². The number of carbonyl (C=O) groups is 1. The molecule has 1 amide bonds. The summed E-state index contributed by atoms with van der Waals surface area (Å²) in [5.74, 6) is -0.279. The first-order valence-corrected chi connectivity index (χ1v) is 9.86. The number of nitrogens with zero attached hydrogens (tertiary/aromatic N) is 2. The third-order valence-electron chi connectivity index (χ3n) is 5.37. The molecule has 2 aromatic carbocycles. The van der Waals surface area contributed by atoms with Crippen molar-refractivity contribution in [1.29, 1.82) is 0 Å². The number of hydrogen-bond donors (Lipinski definition) is 2. The van der Waals surface area contributed by atoms with Crippen LogP contribution in [0, 0.1) is 0 Å². The Hall–Kier alpha value is -3.03. The van der Waals surface area contributed by atoms with E-state index >= 15 is 0 Å². The molecule has 1 saturated heterocycles. The molecule has 7 nitrogen and oxygen atoms in total. The van der Waals surface area contributed by atoms with Gasteiger partial charge in [0.2, 0.25) is 0 Å². The molecule has 1 aromatic heterocycles. The second-order valence-corrected chi connectivity index (χ2v) is 7.33. The monoisotopic (exact) mass is 393 g/mol. The van der Waals surface area contributed by atoms with E-state index in [9.17, 15) is 9.59 Å². The summed E-state index contributed by atoms with van der Waals surface area (Å²) in [4.78, 5) is 27.0. The van der Waals surface area contributed by atoms with Crippen LogP contribution in [0.5, 0.6) is 0 Å². The van der Waals surface area contributed by atoms with Crippen LogP contribution in [0.1, 0.15) is 22.1 Å². The summed E-state index contributed by atoms with van der Waals surface area (Å²) < 4.78 is 6.68. The minimum atomic E-state index is -0.279. The van der Waals surface area contributed by atoms with Gasteiger partial charge in [-0.15, -0.1) is 0 Å². The maximum Gasteiger partial charge on any atom is 0.274 e. The third kappa shape index (κ3) is 4.21. The Morgan fingerprint density at radius 1 is 1.10 bits per heavy atom. The first kappa shape index (κ1) is 19.3. The topological polar surface area (TPSA) is 77.7 Å². The molecule has 3 aromatic rings. The van der Waals surface area contributed by atoms with E-state index in [0.29, 0.717) is 10.8 Å². The fourth-order valence-corrected chi connectivity index (χ4v) is 3.78. The normalized spacial score (nSPS) is 15.9. The summed E-state index contributed by atoms with van der Waals surface area (Å²) in [7, 11) is 1.57. The zero-order chi connectivity index (χ0) is 20.2. The largest absolute Gasteiger partial charge is 0.370 e. The molecule has 1 atom stereocenters. The SMILES string of the molecule is Cn1nc(C(=O)N[C@H](C[NH+]2CCOCC2)c2ccccc2)c2ccccc2c1=O. The van der Waals surface area contributed by atoms with Crippen LogP contribution in [0.3, 0.4) is 0 Å². The van der Waals surface area contributed by atoms with Crippen LogP contribution in [0.15, 0.2) is 59.4 Å². The number of morpholine rings is 1. The van der Waals surface area contributed by atoms with Crippen molar-refractivity contribution >= 4 is 16.7 Å². The van der Waals surface area contributed by atoms with Crippen molar-refractivity contribution in [2.45, 2.75) is 6.04 Å². The summed E-state index contributed by atoms with van der Waals surface area (Å²) in [5.41, 5.74) is 1.10. The van der Waals surface area contributed by atoms with Crippen molar-refractivity contribution in [2.24, 2.45) is 7.05 Å². The molecular weight excluding hydrogens is 368 g/mol. The Bertz CT molecular complexity index is 1060. The predicted molar refractivity (Wildman–Crippen MR) is 110 cm³/mol. The standard InChI is InChI=1S/C22H24N4O3/c1-25-22(28)18-10-6-5-9-17(18)20(24-25)21(27)23-19(16-7-3-2-4-8-16)15-26-11-13-29-14-12-26/h2-10,19H,11-15H2,1H3,(H,23,27)/p+1/t19-/m1/s1. The lowest BCUT2D eigenvalue weighted by Gasteiger charge is -2.28. The molecule has 7 heteroatoms. The number of fused-ring (bicyclic) bond motifs is 1. The van der Waals surface area contributed by atoms with Crippen LogP contribution in [-0.4, -0.2) is 48.5 Å². The fraction of sp³-hybridized carbons (Fsp3) is 0.318. The molecule has 0 aliphatic carbocycles. The first-order valence-electron chi connectivity index (χ1n) is 9.86. The van der Waals surface area contributed by atoms with E-state index in [1.54, 1.807) is 25.2 Å². The van der Waals surface area contributed by atoms with Crippen molar-refractivity contribution < 1.29 is 14.4 Å². The number of aryl methyl sites for hydroxylation is 1. The van der Waals surface area contributed by atoms with Gasteiger partial charge in [0.15, 0.2) is 5.69 Å². The van der Waals surface area contributed by atoms with Crippen molar-refractivity contribution in [2.75, 3.05) is 32.8 Å². The molecule has 1 aliphatic rings. The molecule has 29 heavy (non-hydrogen) atoms. The Labute approximate surface area is 168 Å². The van der Waals surface area contributed by atoms with Crippen LogP contribution in [0.4, 0.5) is 0 Å². The van der Waals surface area contributed by atoms with Crippen LogP contribution < -0.4 is 15.8 Å². The van der Waals surface area contributed by atoms with E-state index < -0.39 is 0 Å². The van der Waals surface area contributed by atoms with E-state index in [-0.39, 0.29) is 23.2 Å². The van der Waals surface area contributed by atoms with E-state index in [0.717, 1.165) is 38.4 Å². The summed E-state index contributed by atoms with van der Waals surface area (Å²) in [6.07, 6.45) is 0. The molecule has 2 heterocycles. The minimum absolute atomic E-state index is 0.158. The van der Waals surface area contributed by atoms with Gasteiger partial charge < -0.3 is 15.0 Å². The van der Waals surface area contributed by atoms with Gasteiger partial charge in [0.25, 0.3) is 11.5 Å². The lowest BCUT2D eigenvalue weighted by Crippen LogP contribution is -3.14. The number of rotatable bonds is 5. The fourth-order valence-electron chi connectivity index (χ4n) is 3.78. The number of aromatic nitrogens is 2. The maximum absolute atomic E-state index is 13.2. The van der Waals surface area contributed by atoms with Gasteiger partial charge in [-0.2, -0.15) is 5.10 Å². The molecule has 1 fully saturated rings. The molecule has 0 radical (unpaired) electrons. The number of amides is 1. The van der Waals surface area contributed by atoms with Gasteiger partial charge in [-0.25, -0.2) is 4.68 Å². The third-order valence-corrected chi connectivity index (χ3v) is 5.37. The highest BCUT2D eigenvalue weighted by Gasteiger charge is 2.25. The van der Waals surface area contributed by atoms with Gasteiger partial charge in [0, 0.05) is 12.4 Å². The average molecular weight is 393 g/mol. The number of quaternary nitrogens is 1. The maximum atomic E-state index is 13.2. The first-order chi connectivity index (χ1) is 14.1. The minimum Gasteiger partial charge on any atom is -0.370 e. The Morgan fingerprint density at radius 2 is 1.76 bits per heavy atom. The van der Waals surface area contributed by atoms with Gasteiger partial charge in [0.05, 0.1) is 18.6 Å². The van der Waals surface area contributed by atoms with Crippen LogP contribution >= 0.6 is 0 Å². The Morgan fingerprint density at radius 3 is 2.48 bits per heavy atom. The summed E-state index contributed by atoms with van der Waals surface area (Å²) in [6.45, 7) is 4.07. The van der Waals surface area contributed by atoms with Gasteiger partial charge >= 0.3 is 0 Å². The van der Waals surface area contributed by atoms with Crippen molar-refractivity contribution in [3.63, 3.8) is 0 Å². The molecule has 4 rings (SSSR count). The van der Waals surface area contributed by atoms with Crippen LogP contribution in [0.2, 0.25) is 0 Å². The van der Waals surface area contributed by atoms with Gasteiger partial charge in [-0.1, -0.05) is 48.5 Å². The smallest absolute Gasteiger partial charge is 0.274 e. The highest BCUT2D eigenvalue weighted by Crippen LogP contribution is 2.16. The van der Waals surface area contributed by atoms with Crippen LogP contribution in [-0.2, 0) is 11.8 Å². The predicted octanol–water partition coefficient (Wildman–Crippen LogP) is 0.320. The molecule has 0 spiro atoms. The second-order valence-electron chi connectivity index (χ2n) is 7.33. The number of ether oxygens (including phenoxy) is 1. The summed E-state index contributed by atoms with van der Waals surface area (Å²) in [6, 6.07) is 16.9. The molecule has 1 aliphatic heterocycles. The number of benzene rings is 2. The van der Waals surface area contributed by atoms with Gasteiger partial charge in [-0.3, -0.25) is 9.59 Å². The van der Waals surface area contributed by atoms with E-state index in [2.05, 4.69) is 10.4 Å². The molecule has 0 saturated carbocycles. The quantitative estimate of drug-likeness (QED) is 0.655. The van der Waals surface area contributed by atoms with Crippen molar-refractivity contribution in [3.05, 3.63) is 76.2 Å². The highest BCUT2D eigenvalue weighted by molar-refractivity contribution is 6.04. The van der Waals surface area contributed by atoms with Crippen molar-refractivity contribution in [3.8, 4) is 0 Å². The Kier molecular flexibility index (Phi) is 5.69. The second kappa shape index (κ2) is 8.55. The highest BCUT2D eigenvalue weighted by atomic mass is 16.5. The molecule has 0 bridgehead atoms. The van der Waals surface area contributed by atoms with Gasteiger partial charge in [-0.05, 0) is 11.6 Å². The number of hydrogen-bond acceptors (Lipinski definition) is 4. The molecule has 150 valence electrons. The zero-order valence-electron chi connectivity index (χ0n) is 16.4. The molecular formula is C22H25N4O3+. The number of carbonyl (C=O) groups excluding carboxylic acids is 1.